The summed E-state index contributed by atoms with van der Waals surface area (Å²) in [6.45, 7) is 0. The van der Waals surface area contributed by atoms with Crippen molar-refractivity contribution in [3.8, 4) is 0 Å². The Labute approximate surface area is 152 Å². The molecular formula is C21H17NO3S. The predicted octanol–water partition coefficient (Wildman–Crippen LogP) is 3.83. The Hall–Kier alpha value is -2.92. The summed E-state index contributed by atoms with van der Waals surface area (Å²) >= 11 is 0. The van der Waals surface area contributed by atoms with Gasteiger partial charge in [0.05, 0.1) is 21.5 Å². The highest BCUT2D eigenvalue weighted by atomic mass is 32.2. The molecule has 4 nitrogen and oxygen atoms in total. The minimum absolute atomic E-state index is 0.194. The van der Waals surface area contributed by atoms with Gasteiger partial charge in [0.15, 0.2) is 0 Å². The highest BCUT2D eigenvalue weighted by Gasteiger charge is 2.36. The van der Waals surface area contributed by atoms with Crippen molar-refractivity contribution >= 4 is 27.2 Å². The zero-order chi connectivity index (χ0) is 18.2. The highest BCUT2D eigenvalue weighted by molar-refractivity contribution is 7.90. The fourth-order valence-corrected chi connectivity index (χ4v) is 5.00. The Kier molecular flexibility index (Phi) is 3.89. The third kappa shape index (κ3) is 2.44. The molecule has 0 bridgehead atoms. The lowest BCUT2D eigenvalue weighted by atomic mass is 9.80. The number of allylic oxidation sites excluding steroid dienone is 4. The summed E-state index contributed by atoms with van der Waals surface area (Å²) in [4.78, 5) is 12.3. The van der Waals surface area contributed by atoms with Crippen molar-refractivity contribution in [1.82, 2.24) is 3.97 Å². The van der Waals surface area contributed by atoms with Crippen LogP contribution in [0.2, 0.25) is 0 Å². The van der Waals surface area contributed by atoms with Gasteiger partial charge < -0.3 is 4.79 Å². The Balaban J connectivity index is 2.07. The van der Waals surface area contributed by atoms with Gasteiger partial charge in [0.2, 0.25) is 0 Å². The lowest BCUT2D eigenvalue weighted by Crippen LogP contribution is -2.31. The molecule has 0 N–H and O–H groups in total. The average Bonchev–Trinajstić information content (AvgIpc) is 3.10. The normalized spacial score (nSPS) is 19.7. The van der Waals surface area contributed by atoms with Gasteiger partial charge in [-0.05, 0) is 30.7 Å². The first-order valence-electron chi connectivity index (χ1n) is 8.31. The van der Waals surface area contributed by atoms with Gasteiger partial charge in [-0.3, -0.25) is 0 Å². The van der Waals surface area contributed by atoms with Gasteiger partial charge in [-0.15, -0.1) is 0 Å². The Bertz CT molecular complexity index is 1140. The molecule has 0 saturated heterocycles. The number of aromatic nitrogens is 1. The van der Waals surface area contributed by atoms with Gasteiger partial charge in [-0.25, -0.2) is 12.4 Å². The predicted molar refractivity (Wildman–Crippen MR) is 102 cm³/mol. The molecule has 1 unspecified atom stereocenters. The summed E-state index contributed by atoms with van der Waals surface area (Å²) in [5.74, 6) is 0. The molecule has 0 spiro atoms. The van der Waals surface area contributed by atoms with E-state index in [-0.39, 0.29) is 4.90 Å². The molecule has 0 saturated carbocycles. The molecule has 4 rings (SSSR count). The molecule has 5 heteroatoms. The van der Waals surface area contributed by atoms with E-state index in [9.17, 15) is 13.2 Å². The standard InChI is InChI=1S/C21H17NO3S/c23-16-21(13-7-2-8-14-21)20-15-17-9-5-6-12-19(17)22(20)26(24,25)18-10-3-1-4-11-18/h1-13,15-16H,14H2. The quantitative estimate of drug-likeness (QED) is 0.662. The van der Waals surface area contributed by atoms with Crippen LogP contribution in [0.5, 0.6) is 0 Å². The van der Waals surface area contributed by atoms with Crippen molar-refractivity contribution in [1.29, 1.82) is 0 Å². The molecule has 0 fully saturated rings. The molecule has 1 aliphatic rings. The first-order chi connectivity index (χ1) is 12.6. The summed E-state index contributed by atoms with van der Waals surface area (Å²) in [5.41, 5.74) is 0.0176. The first kappa shape index (κ1) is 16.5. The number of benzene rings is 2. The Morgan fingerprint density at radius 1 is 0.962 bits per heavy atom. The monoisotopic (exact) mass is 363 g/mol. The minimum atomic E-state index is -3.85. The second-order valence-electron chi connectivity index (χ2n) is 6.32. The summed E-state index contributed by atoms with van der Waals surface area (Å²) < 4.78 is 28.2. The van der Waals surface area contributed by atoms with E-state index < -0.39 is 15.4 Å². The number of para-hydroxylation sites is 1. The van der Waals surface area contributed by atoms with Gasteiger partial charge in [0, 0.05) is 5.39 Å². The van der Waals surface area contributed by atoms with E-state index in [4.69, 9.17) is 0 Å². The third-order valence-electron chi connectivity index (χ3n) is 4.73. The van der Waals surface area contributed by atoms with Gasteiger partial charge in [-0.1, -0.05) is 60.7 Å². The van der Waals surface area contributed by atoms with E-state index in [1.54, 1.807) is 60.7 Å². The lowest BCUT2D eigenvalue weighted by molar-refractivity contribution is -0.111. The number of rotatable bonds is 4. The van der Waals surface area contributed by atoms with Crippen LogP contribution < -0.4 is 0 Å². The lowest BCUT2D eigenvalue weighted by Gasteiger charge is -2.26. The SMILES string of the molecule is O=CC1(c2cc3ccccc3n2S(=O)(=O)c2ccccc2)C=CC=CC1. The number of aldehydes is 1. The topological polar surface area (TPSA) is 56.1 Å². The maximum absolute atomic E-state index is 13.4. The fourth-order valence-electron chi connectivity index (χ4n) is 3.39. The second kappa shape index (κ2) is 6.11. The number of fused-ring (bicyclic) bond motifs is 1. The van der Waals surface area contributed by atoms with Crippen molar-refractivity contribution in [2.24, 2.45) is 0 Å². The van der Waals surface area contributed by atoms with E-state index in [1.165, 1.54) is 3.97 Å². The molecule has 26 heavy (non-hydrogen) atoms. The molecule has 1 heterocycles. The van der Waals surface area contributed by atoms with Crippen LogP contribution in [0, 0.1) is 0 Å². The van der Waals surface area contributed by atoms with E-state index in [2.05, 4.69) is 0 Å². The average molecular weight is 363 g/mol. The molecule has 1 aromatic heterocycles. The third-order valence-corrected chi connectivity index (χ3v) is 6.47. The smallest absolute Gasteiger partial charge is 0.268 e. The highest BCUT2D eigenvalue weighted by Crippen LogP contribution is 2.37. The van der Waals surface area contributed by atoms with E-state index in [1.807, 2.05) is 24.3 Å². The van der Waals surface area contributed by atoms with E-state index in [0.717, 1.165) is 11.7 Å². The molecule has 2 aromatic carbocycles. The Morgan fingerprint density at radius 2 is 1.69 bits per heavy atom. The zero-order valence-electron chi connectivity index (χ0n) is 13.9. The van der Waals surface area contributed by atoms with Gasteiger partial charge >= 0.3 is 0 Å². The van der Waals surface area contributed by atoms with E-state index >= 15 is 0 Å². The second-order valence-corrected chi connectivity index (χ2v) is 8.11. The summed E-state index contributed by atoms with van der Waals surface area (Å²) in [6.07, 6.45) is 8.55. The molecule has 0 aliphatic heterocycles. The van der Waals surface area contributed by atoms with Crippen molar-refractivity contribution < 1.29 is 13.2 Å². The summed E-state index contributed by atoms with van der Waals surface area (Å²) in [7, 11) is -3.85. The van der Waals surface area contributed by atoms with Crippen LogP contribution in [-0.2, 0) is 20.2 Å². The van der Waals surface area contributed by atoms with Crippen LogP contribution in [0.1, 0.15) is 12.1 Å². The minimum Gasteiger partial charge on any atom is -0.302 e. The van der Waals surface area contributed by atoms with Crippen LogP contribution in [0.3, 0.4) is 0 Å². The van der Waals surface area contributed by atoms with Crippen LogP contribution in [0.4, 0.5) is 0 Å². The fraction of sp³-hybridized carbons (Fsp3) is 0.0952. The molecule has 1 atom stereocenters. The van der Waals surface area contributed by atoms with Gasteiger partial charge in [0.1, 0.15) is 6.29 Å². The summed E-state index contributed by atoms with van der Waals surface area (Å²) in [5, 5.41) is 0.784. The maximum Gasteiger partial charge on any atom is 0.268 e. The molecule has 1 aliphatic carbocycles. The number of hydrogen-bond acceptors (Lipinski definition) is 3. The van der Waals surface area contributed by atoms with Gasteiger partial charge in [0.25, 0.3) is 10.0 Å². The van der Waals surface area contributed by atoms with Crippen LogP contribution in [0.25, 0.3) is 10.9 Å². The first-order valence-corrected chi connectivity index (χ1v) is 9.75. The van der Waals surface area contributed by atoms with E-state index in [0.29, 0.717) is 17.6 Å². The molecule has 130 valence electrons. The van der Waals surface area contributed by atoms with Crippen molar-refractivity contribution in [2.45, 2.75) is 16.7 Å². The van der Waals surface area contributed by atoms with Crippen molar-refractivity contribution in [3.63, 3.8) is 0 Å². The zero-order valence-corrected chi connectivity index (χ0v) is 14.8. The number of hydrogen-bond donors (Lipinski definition) is 0. The molecule has 0 amide bonds. The maximum atomic E-state index is 13.4. The van der Waals surface area contributed by atoms with Crippen molar-refractivity contribution in [3.05, 3.63) is 90.7 Å². The van der Waals surface area contributed by atoms with Crippen LogP contribution in [-0.4, -0.2) is 18.7 Å². The van der Waals surface area contributed by atoms with Crippen molar-refractivity contribution in [2.75, 3.05) is 0 Å². The van der Waals surface area contributed by atoms with Crippen LogP contribution in [0.15, 0.2) is 89.9 Å². The number of carbonyl (C=O) groups excluding carboxylic acids is 1. The molecule has 0 radical (unpaired) electrons. The van der Waals surface area contributed by atoms with Crippen LogP contribution >= 0.6 is 0 Å². The largest absolute Gasteiger partial charge is 0.302 e. The number of nitrogens with zero attached hydrogens (tertiary/aromatic N) is 1. The summed E-state index contributed by atoms with van der Waals surface area (Å²) in [6, 6.07) is 17.4. The molecule has 3 aromatic rings. The Morgan fingerprint density at radius 3 is 2.38 bits per heavy atom. The molecular weight excluding hydrogens is 346 g/mol. The van der Waals surface area contributed by atoms with Gasteiger partial charge in [-0.2, -0.15) is 0 Å². The number of carbonyl (C=O) groups is 1.